The summed E-state index contributed by atoms with van der Waals surface area (Å²) in [6.45, 7) is 6.66. The lowest BCUT2D eigenvalue weighted by Crippen LogP contribution is -2.18. The summed E-state index contributed by atoms with van der Waals surface area (Å²) in [6.07, 6.45) is 4.99. The number of nitrogens with one attached hydrogen (secondary N) is 1. The van der Waals surface area contributed by atoms with Gasteiger partial charge in [-0.3, -0.25) is 4.79 Å². The van der Waals surface area contributed by atoms with Crippen LogP contribution >= 0.6 is 0 Å². The van der Waals surface area contributed by atoms with Crippen molar-refractivity contribution < 1.29 is 4.79 Å². The molecule has 1 amide bonds. The molecule has 1 aromatic carbocycles. The normalized spacial score (nSPS) is 10.7. The Balaban J connectivity index is 2.64. The summed E-state index contributed by atoms with van der Waals surface area (Å²) in [7, 11) is 0. The van der Waals surface area contributed by atoms with Gasteiger partial charge in [-0.15, -0.1) is 0 Å². The number of carbonyl (C=O) groups is 1. The Labute approximate surface area is 111 Å². The highest BCUT2D eigenvalue weighted by atomic mass is 16.1. The van der Waals surface area contributed by atoms with Gasteiger partial charge in [-0.25, -0.2) is 0 Å². The lowest BCUT2D eigenvalue weighted by molar-refractivity contribution is -0.119. The molecule has 100 valence electrons. The molecule has 0 aliphatic carbocycles. The third-order valence-electron chi connectivity index (χ3n) is 3.27. The summed E-state index contributed by atoms with van der Waals surface area (Å²) in [5.74, 6) is 0.712. The van der Waals surface area contributed by atoms with Gasteiger partial charge in [0.05, 0.1) is 0 Å². The maximum Gasteiger partial charge on any atom is 0.217 e. The molecule has 0 aliphatic heterocycles. The van der Waals surface area contributed by atoms with Crippen molar-refractivity contribution in [2.45, 2.75) is 58.9 Å². The molecule has 0 unspecified atom stereocenters. The van der Waals surface area contributed by atoms with E-state index in [1.54, 1.807) is 6.92 Å². The van der Waals surface area contributed by atoms with Crippen LogP contribution in [-0.4, -0.2) is 5.91 Å². The Morgan fingerprint density at radius 3 is 2.11 bits per heavy atom. The second-order valence-electron chi connectivity index (χ2n) is 4.93. The van der Waals surface area contributed by atoms with E-state index in [9.17, 15) is 4.79 Å². The topological polar surface area (TPSA) is 29.1 Å². The number of benzene rings is 1. The minimum atomic E-state index is 0.0221. The molecule has 0 bridgehead atoms. The van der Waals surface area contributed by atoms with Gasteiger partial charge in [0.15, 0.2) is 0 Å². The van der Waals surface area contributed by atoms with Crippen molar-refractivity contribution in [2.75, 3.05) is 0 Å². The first-order valence-electron chi connectivity index (χ1n) is 7.00. The molecule has 0 saturated heterocycles. The van der Waals surface area contributed by atoms with Crippen molar-refractivity contribution in [3.05, 3.63) is 35.4 Å². The molecule has 0 fully saturated rings. The fraction of sp³-hybridized carbons (Fsp3) is 0.562. The first-order chi connectivity index (χ1) is 8.67. The molecule has 0 spiro atoms. The van der Waals surface area contributed by atoms with E-state index in [-0.39, 0.29) is 5.91 Å². The summed E-state index contributed by atoms with van der Waals surface area (Å²) < 4.78 is 0. The van der Waals surface area contributed by atoms with Crippen LogP contribution in [0.5, 0.6) is 0 Å². The predicted molar refractivity (Wildman–Crippen MR) is 76.5 cm³/mol. The van der Waals surface area contributed by atoms with E-state index in [4.69, 9.17) is 0 Å². The minimum absolute atomic E-state index is 0.0221. The van der Waals surface area contributed by atoms with Gasteiger partial charge in [0.1, 0.15) is 0 Å². The standard InChI is InChI=1S/C16H25NO/c1-4-6-15(7-5-2)16-10-8-14(9-11-16)12-17-13(3)18/h8-11,15H,4-7,12H2,1-3H3,(H,17,18). The zero-order valence-corrected chi connectivity index (χ0v) is 11.8. The van der Waals surface area contributed by atoms with E-state index in [2.05, 4.69) is 43.4 Å². The van der Waals surface area contributed by atoms with E-state index >= 15 is 0 Å². The third-order valence-corrected chi connectivity index (χ3v) is 3.27. The maximum atomic E-state index is 10.9. The zero-order chi connectivity index (χ0) is 13.4. The molecular formula is C16H25NO. The number of amides is 1. The molecular weight excluding hydrogens is 222 g/mol. The molecule has 2 nitrogen and oxygen atoms in total. The van der Waals surface area contributed by atoms with Crippen LogP contribution in [-0.2, 0) is 11.3 Å². The summed E-state index contributed by atoms with van der Waals surface area (Å²) in [4.78, 5) is 10.9. The summed E-state index contributed by atoms with van der Waals surface area (Å²) in [6, 6.07) is 8.69. The van der Waals surface area contributed by atoms with Crippen molar-refractivity contribution in [3.63, 3.8) is 0 Å². The Bertz CT molecular complexity index is 350. The molecule has 1 N–H and O–H groups in total. The number of hydrogen-bond donors (Lipinski definition) is 1. The average Bonchev–Trinajstić information content (AvgIpc) is 2.37. The van der Waals surface area contributed by atoms with Crippen LogP contribution in [0.1, 0.15) is 63.5 Å². The van der Waals surface area contributed by atoms with Crippen LogP contribution in [0.25, 0.3) is 0 Å². The van der Waals surface area contributed by atoms with E-state index < -0.39 is 0 Å². The number of hydrogen-bond acceptors (Lipinski definition) is 1. The second kappa shape index (κ2) is 7.91. The highest BCUT2D eigenvalue weighted by Crippen LogP contribution is 2.26. The fourth-order valence-electron chi connectivity index (χ4n) is 2.31. The van der Waals surface area contributed by atoms with Gasteiger partial charge in [0.2, 0.25) is 5.91 Å². The minimum Gasteiger partial charge on any atom is -0.352 e. The van der Waals surface area contributed by atoms with Gasteiger partial charge in [-0.1, -0.05) is 51.0 Å². The van der Waals surface area contributed by atoms with Gasteiger partial charge in [-0.05, 0) is 29.9 Å². The number of carbonyl (C=O) groups excluding carboxylic acids is 1. The predicted octanol–water partition coefficient (Wildman–Crippen LogP) is 4.01. The van der Waals surface area contributed by atoms with E-state index in [1.165, 1.54) is 36.8 Å². The first-order valence-corrected chi connectivity index (χ1v) is 7.00. The molecule has 0 heterocycles. The molecule has 0 atom stereocenters. The van der Waals surface area contributed by atoms with E-state index in [0.717, 1.165) is 0 Å². The molecule has 18 heavy (non-hydrogen) atoms. The monoisotopic (exact) mass is 247 g/mol. The Morgan fingerprint density at radius 2 is 1.67 bits per heavy atom. The molecule has 0 aromatic heterocycles. The lowest BCUT2D eigenvalue weighted by Gasteiger charge is -2.16. The van der Waals surface area contributed by atoms with Gasteiger partial charge >= 0.3 is 0 Å². The molecule has 1 aromatic rings. The van der Waals surface area contributed by atoms with Crippen LogP contribution in [0.4, 0.5) is 0 Å². The highest BCUT2D eigenvalue weighted by Gasteiger charge is 2.09. The summed E-state index contributed by atoms with van der Waals surface area (Å²) in [5.41, 5.74) is 2.60. The molecule has 0 saturated carbocycles. The highest BCUT2D eigenvalue weighted by molar-refractivity contribution is 5.72. The van der Waals surface area contributed by atoms with Crippen LogP contribution in [0, 0.1) is 0 Å². The Hall–Kier alpha value is -1.31. The van der Waals surface area contributed by atoms with Gasteiger partial charge in [-0.2, -0.15) is 0 Å². The van der Waals surface area contributed by atoms with Crippen molar-refractivity contribution >= 4 is 5.91 Å². The van der Waals surface area contributed by atoms with Crippen LogP contribution in [0.2, 0.25) is 0 Å². The van der Waals surface area contributed by atoms with Crippen LogP contribution in [0.15, 0.2) is 24.3 Å². The Kier molecular flexibility index (Phi) is 6.48. The van der Waals surface area contributed by atoms with Crippen molar-refractivity contribution in [2.24, 2.45) is 0 Å². The van der Waals surface area contributed by atoms with E-state index in [0.29, 0.717) is 12.5 Å². The first kappa shape index (κ1) is 14.7. The molecule has 1 rings (SSSR count). The summed E-state index contributed by atoms with van der Waals surface area (Å²) in [5, 5.41) is 2.82. The van der Waals surface area contributed by atoms with Gasteiger partial charge in [0.25, 0.3) is 0 Å². The van der Waals surface area contributed by atoms with Gasteiger partial charge in [0, 0.05) is 13.5 Å². The average molecular weight is 247 g/mol. The quantitative estimate of drug-likeness (QED) is 0.775. The smallest absolute Gasteiger partial charge is 0.217 e. The summed E-state index contributed by atoms with van der Waals surface area (Å²) >= 11 is 0. The van der Waals surface area contributed by atoms with Crippen molar-refractivity contribution in [1.82, 2.24) is 5.32 Å². The zero-order valence-electron chi connectivity index (χ0n) is 11.8. The fourth-order valence-corrected chi connectivity index (χ4v) is 2.31. The number of rotatable bonds is 7. The van der Waals surface area contributed by atoms with Crippen LogP contribution in [0.3, 0.4) is 0 Å². The maximum absolute atomic E-state index is 10.9. The van der Waals surface area contributed by atoms with E-state index in [1.807, 2.05) is 0 Å². The van der Waals surface area contributed by atoms with Crippen molar-refractivity contribution in [3.8, 4) is 0 Å². The van der Waals surface area contributed by atoms with Crippen LogP contribution < -0.4 is 5.32 Å². The molecule has 0 radical (unpaired) electrons. The molecule has 0 aliphatic rings. The molecule has 2 heteroatoms. The van der Waals surface area contributed by atoms with Gasteiger partial charge < -0.3 is 5.32 Å². The SMILES string of the molecule is CCCC(CCC)c1ccc(CNC(C)=O)cc1. The third kappa shape index (κ3) is 4.91. The Morgan fingerprint density at radius 1 is 1.11 bits per heavy atom. The largest absolute Gasteiger partial charge is 0.352 e. The van der Waals surface area contributed by atoms with Crippen molar-refractivity contribution in [1.29, 1.82) is 0 Å². The lowest BCUT2D eigenvalue weighted by atomic mass is 9.90. The second-order valence-corrected chi connectivity index (χ2v) is 4.93.